The topological polar surface area (TPSA) is 54.0 Å². The van der Waals surface area contributed by atoms with Crippen LogP contribution in [0.15, 0.2) is 36.5 Å². The van der Waals surface area contributed by atoms with Gasteiger partial charge in [-0.05, 0) is 49.2 Å². The number of aromatic nitrogens is 1. The summed E-state index contributed by atoms with van der Waals surface area (Å²) >= 11 is 0. The maximum Gasteiger partial charge on any atom is 0.274 e. The molecular weight excluding hydrogens is 269 g/mol. The molecule has 110 valence electrons. The van der Waals surface area contributed by atoms with E-state index in [2.05, 4.69) is 22.5 Å². The maximum atomic E-state index is 13.3. The smallest absolute Gasteiger partial charge is 0.274 e. The van der Waals surface area contributed by atoms with Crippen LogP contribution in [0, 0.1) is 12.7 Å². The molecule has 0 aliphatic heterocycles. The summed E-state index contributed by atoms with van der Waals surface area (Å²) in [6.45, 7) is 4.66. The number of rotatable bonds is 5. The molecule has 5 heteroatoms. The van der Waals surface area contributed by atoms with E-state index < -0.39 is 0 Å². The Morgan fingerprint density at radius 1 is 1.24 bits per heavy atom. The van der Waals surface area contributed by atoms with E-state index in [1.807, 2.05) is 0 Å². The van der Waals surface area contributed by atoms with E-state index in [9.17, 15) is 9.18 Å². The van der Waals surface area contributed by atoms with Crippen LogP contribution in [0.2, 0.25) is 0 Å². The van der Waals surface area contributed by atoms with Gasteiger partial charge in [-0.15, -0.1) is 0 Å². The molecule has 1 amide bonds. The van der Waals surface area contributed by atoms with Gasteiger partial charge in [0.25, 0.3) is 5.91 Å². The molecule has 1 aromatic carbocycles. The van der Waals surface area contributed by atoms with E-state index >= 15 is 0 Å². The van der Waals surface area contributed by atoms with Crippen molar-refractivity contribution in [2.24, 2.45) is 0 Å². The normalized spacial score (nSPS) is 10.2. The molecule has 1 aromatic heterocycles. The van der Waals surface area contributed by atoms with E-state index in [1.165, 1.54) is 12.1 Å². The van der Waals surface area contributed by atoms with Crippen molar-refractivity contribution in [3.63, 3.8) is 0 Å². The zero-order valence-electron chi connectivity index (χ0n) is 12.1. The van der Waals surface area contributed by atoms with E-state index in [-0.39, 0.29) is 17.4 Å². The Morgan fingerprint density at radius 3 is 2.76 bits per heavy atom. The third kappa shape index (κ3) is 4.27. The second-order valence-electron chi connectivity index (χ2n) is 4.83. The van der Waals surface area contributed by atoms with Crippen molar-refractivity contribution in [1.29, 1.82) is 0 Å². The predicted molar refractivity (Wildman–Crippen MR) is 82.1 cm³/mol. The quantitative estimate of drug-likeness (QED) is 0.883. The molecule has 2 aromatic rings. The van der Waals surface area contributed by atoms with Gasteiger partial charge < -0.3 is 10.6 Å². The van der Waals surface area contributed by atoms with Gasteiger partial charge in [0.1, 0.15) is 11.5 Å². The fourth-order valence-corrected chi connectivity index (χ4v) is 1.94. The lowest BCUT2D eigenvalue weighted by molar-refractivity contribution is 0.102. The van der Waals surface area contributed by atoms with E-state index in [1.54, 1.807) is 31.3 Å². The monoisotopic (exact) mass is 287 g/mol. The summed E-state index contributed by atoms with van der Waals surface area (Å²) in [5.41, 5.74) is 2.30. The second-order valence-corrected chi connectivity index (χ2v) is 4.83. The fourth-order valence-electron chi connectivity index (χ4n) is 1.94. The molecule has 0 aliphatic carbocycles. The molecule has 0 spiro atoms. The Labute approximate surface area is 123 Å². The van der Waals surface area contributed by atoms with Crippen molar-refractivity contribution in [3.8, 4) is 0 Å². The lowest BCUT2D eigenvalue weighted by atomic mass is 10.2. The van der Waals surface area contributed by atoms with Crippen LogP contribution in [0.5, 0.6) is 0 Å². The minimum Gasteiger partial charge on any atom is -0.385 e. The summed E-state index contributed by atoms with van der Waals surface area (Å²) in [4.78, 5) is 16.2. The molecule has 1 heterocycles. The molecule has 0 radical (unpaired) electrons. The number of hydrogen-bond donors (Lipinski definition) is 2. The van der Waals surface area contributed by atoms with Gasteiger partial charge in [-0.1, -0.05) is 6.92 Å². The number of benzene rings is 1. The number of amides is 1. The van der Waals surface area contributed by atoms with Crippen molar-refractivity contribution in [2.75, 3.05) is 17.2 Å². The highest BCUT2D eigenvalue weighted by Gasteiger charge is 2.09. The maximum absolute atomic E-state index is 13.3. The van der Waals surface area contributed by atoms with Crippen LogP contribution in [0.4, 0.5) is 15.8 Å². The molecular formula is C16H18FN3O. The van der Waals surface area contributed by atoms with Crippen molar-refractivity contribution in [3.05, 3.63) is 53.6 Å². The Kier molecular flexibility index (Phi) is 4.87. The van der Waals surface area contributed by atoms with Crippen LogP contribution < -0.4 is 10.6 Å². The first-order chi connectivity index (χ1) is 10.1. The third-order valence-electron chi connectivity index (χ3n) is 2.87. The summed E-state index contributed by atoms with van der Waals surface area (Å²) in [5.74, 6) is -0.739. The SMILES string of the molecule is CCCNc1ccnc(C(=O)Nc2cc(C)cc(F)c2)c1. The molecule has 0 saturated heterocycles. The number of carbonyl (C=O) groups is 1. The Balaban J connectivity index is 2.12. The van der Waals surface area contributed by atoms with Crippen LogP contribution in [0.3, 0.4) is 0 Å². The van der Waals surface area contributed by atoms with Crippen molar-refractivity contribution in [1.82, 2.24) is 4.98 Å². The van der Waals surface area contributed by atoms with Crippen LogP contribution in [-0.2, 0) is 0 Å². The van der Waals surface area contributed by atoms with Crippen molar-refractivity contribution in [2.45, 2.75) is 20.3 Å². The summed E-state index contributed by atoms with van der Waals surface area (Å²) in [6, 6.07) is 7.88. The first-order valence-electron chi connectivity index (χ1n) is 6.87. The number of hydrogen-bond acceptors (Lipinski definition) is 3. The Morgan fingerprint density at radius 2 is 2.05 bits per heavy atom. The number of nitrogens with one attached hydrogen (secondary N) is 2. The van der Waals surface area contributed by atoms with Crippen LogP contribution in [-0.4, -0.2) is 17.4 Å². The molecule has 0 fully saturated rings. The Hall–Kier alpha value is -2.43. The van der Waals surface area contributed by atoms with Gasteiger partial charge >= 0.3 is 0 Å². The average Bonchev–Trinajstić information content (AvgIpc) is 2.44. The summed E-state index contributed by atoms with van der Waals surface area (Å²) < 4.78 is 13.3. The highest BCUT2D eigenvalue weighted by Crippen LogP contribution is 2.15. The first-order valence-corrected chi connectivity index (χ1v) is 6.87. The summed E-state index contributed by atoms with van der Waals surface area (Å²) in [7, 11) is 0. The van der Waals surface area contributed by atoms with Gasteiger partial charge in [0.2, 0.25) is 0 Å². The number of pyridine rings is 1. The van der Waals surface area contributed by atoms with E-state index in [4.69, 9.17) is 0 Å². The molecule has 0 atom stereocenters. The summed E-state index contributed by atoms with van der Waals surface area (Å²) in [5, 5.41) is 5.85. The highest BCUT2D eigenvalue weighted by molar-refractivity contribution is 6.03. The van der Waals surface area contributed by atoms with Gasteiger partial charge in [0, 0.05) is 24.1 Å². The van der Waals surface area contributed by atoms with E-state index in [0.29, 0.717) is 5.69 Å². The average molecular weight is 287 g/mol. The molecule has 21 heavy (non-hydrogen) atoms. The molecule has 2 rings (SSSR count). The molecule has 0 aliphatic rings. The highest BCUT2D eigenvalue weighted by atomic mass is 19.1. The number of aryl methyl sites for hydroxylation is 1. The van der Waals surface area contributed by atoms with Gasteiger partial charge in [0.15, 0.2) is 0 Å². The zero-order chi connectivity index (χ0) is 15.2. The second kappa shape index (κ2) is 6.83. The minimum absolute atomic E-state index is 0.290. The molecule has 4 nitrogen and oxygen atoms in total. The van der Waals surface area contributed by atoms with Gasteiger partial charge in [0.05, 0.1) is 0 Å². The van der Waals surface area contributed by atoms with E-state index in [0.717, 1.165) is 24.2 Å². The molecule has 2 N–H and O–H groups in total. The Bertz CT molecular complexity index is 623. The number of carbonyl (C=O) groups excluding carboxylic acids is 1. The lowest BCUT2D eigenvalue weighted by Crippen LogP contribution is -2.14. The first kappa shape index (κ1) is 15.0. The molecule has 0 saturated carbocycles. The van der Waals surface area contributed by atoms with Gasteiger partial charge in [-0.2, -0.15) is 0 Å². The van der Waals surface area contributed by atoms with Gasteiger partial charge in [-0.3, -0.25) is 9.78 Å². The van der Waals surface area contributed by atoms with Crippen LogP contribution >= 0.6 is 0 Å². The lowest BCUT2D eigenvalue weighted by Gasteiger charge is -2.08. The van der Waals surface area contributed by atoms with Crippen molar-refractivity contribution < 1.29 is 9.18 Å². The number of nitrogens with zero attached hydrogens (tertiary/aromatic N) is 1. The van der Waals surface area contributed by atoms with Crippen molar-refractivity contribution >= 4 is 17.3 Å². The summed E-state index contributed by atoms with van der Waals surface area (Å²) in [6.07, 6.45) is 2.57. The van der Waals surface area contributed by atoms with Gasteiger partial charge in [-0.25, -0.2) is 4.39 Å². The third-order valence-corrected chi connectivity index (χ3v) is 2.87. The predicted octanol–water partition coefficient (Wildman–Crippen LogP) is 3.60. The number of anilines is 2. The minimum atomic E-state index is -0.378. The zero-order valence-corrected chi connectivity index (χ0v) is 12.1. The molecule has 0 bridgehead atoms. The molecule has 0 unspecified atom stereocenters. The van der Waals surface area contributed by atoms with Crippen LogP contribution in [0.25, 0.3) is 0 Å². The number of halogens is 1. The fraction of sp³-hybridized carbons (Fsp3) is 0.250. The van der Waals surface area contributed by atoms with Crippen LogP contribution in [0.1, 0.15) is 29.4 Å². The standard InChI is InChI=1S/C16H18FN3O/c1-3-5-18-13-4-6-19-15(10-13)16(21)20-14-8-11(2)7-12(17)9-14/h4,6-10H,3,5H2,1-2H3,(H,18,19)(H,20,21). The largest absolute Gasteiger partial charge is 0.385 e.